The van der Waals surface area contributed by atoms with Gasteiger partial charge in [-0.25, -0.2) is 0 Å². The van der Waals surface area contributed by atoms with E-state index in [1.54, 1.807) is 24.0 Å². The third kappa shape index (κ3) is 1.46. The zero-order valence-electron chi connectivity index (χ0n) is 8.23. The highest BCUT2D eigenvalue weighted by molar-refractivity contribution is 6.00. The van der Waals surface area contributed by atoms with Gasteiger partial charge in [-0.2, -0.15) is 5.10 Å². The highest BCUT2D eigenvalue weighted by Crippen LogP contribution is 2.31. The van der Waals surface area contributed by atoms with Gasteiger partial charge in [0, 0.05) is 13.2 Å². The smallest absolute Gasteiger partial charge is 0.214 e. The number of hydrogen-bond acceptors (Lipinski definition) is 3. The molecule has 1 aromatic rings. The molecule has 0 aliphatic heterocycles. The molecule has 1 heterocycles. The van der Waals surface area contributed by atoms with Crippen molar-refractivity contribution in [2.45, 2.75) is 31.3 Å². The van der Waals surface area contributed by atoms with E-state index in [2.05, 4.69) is 5.10 Å². The highest BCUT2D eigenvalue weighted by atomic mass is 16.3. The maximum Gasteiger partial charge on any atom is 0.214 e. The summed E-state index contributed by atoms with van der Waals surface area (Å²) >= 11 is 0. The Bertz CT molecular complexity index is 351. The minimum atomic E-state index is -1.14. The first-order valence-electron chi connectivity index (χ1n) is 4.89. The number of Topliss-reactive ketones (excluding diaryl/α,β-unsaturated/α-hetero) is 1. The van der Waals surface area contributed by atoms with Crippen LogP contribution in [-0.4, -0.2) is 26.3 Å². The Morgan fingerprint density at radius 2 is 2.21 bits per heavy atom. The maximum atomic E-state index is 11.9. The third-order valence-corrected chi connectivity index (χ3v) is 2.80. The summed E-state index contributed by atoms with van der Waals surface area (Å²) < 4.78 is 1.57. The maximum absolute atomic E-state index is 11.9. The van der Waals surface area contributed by atoms with E-state index in [0.29, 0.717) is 18.5 Å². The summed E-state index contributed by atoms with van der Waals surface area (Å²) in [4.78, 5) is 11.9. The van der Waals surface area contributed by atoms with E-state index in [9.17, 15) is 9.90 Å². The van der Waals surface area contributed by atoms with E-state index < -0.39 is 5.60 Å². The molecule has 4 nitrogen and oxygen atoms in total. The van der Waals surface area contributed by atoms with E-state index in [0.717, 1.165) is 12.8 Å². The van der Waals surface area contributed by atoms with Crippen molar-refractivity contribution in [2.24, 2.45) is 7.05 Å². The second-order valence-electron chi connectivity index (χ2n) is 3.94. The van der Waals surface area contributed by atoms with Crippen LogP contribution in [0.2, 0.25) is 0 Å². The van der Waals surface area contributed by atoms with Crippen LogP contribution in [0.15, 0.2) is 12.3 Å². The van der Waals surface area contributed by atoms with Crippen molar-refractivity contribution in [2.75, 3.05) is 0 Å². The van der Waals surface area contributed by atoms with Crippen molar-refractivity contribution < 1.29 is 9.90 Å². The van der Waals surface area contributed by atoms with Gasteiger partial charge in [0.05, 0.1) is 0 Å². The van der Waals surface area contributed by atoms with Gasteiger partial charge in [-0.1, -0.05) is 0 Å². The van der Waals surface area contributed by atoms with E-state index in [-0.39, 0.29) is 5.78 Å². The van der Waals surface area contributed by atoms with Crippen molar-refractivity contribution in [3.8, 4) is 0 Å². The van der Waals surface area contributed by atoms with E-state index >= 15 is 0 Å². The summed E-state index contributed by atoms with van der Waals surface area (Å²) in [7, 11) is 1.76. The van der Waals surface area contributed by atoms with E-state index in [1.807, 2.05) is 0 Å². The molecule has 1 saturated carbocycles. The van der Waals surface area contributed by atoms with Gasteiger partial charge in [-0.05, 0) is 31.7 Å². The number of carbonyl (C=O) groups is 1. The summed E-state index contributed by atoms with van der Waals surface area (Å²) in [6.45, 7) is 0. The van der Waals surface area contributed by atoms with Crippen LogP contribution in [0, 0.1) is 0 Å². The van der Waals surface area contributed by atoms with Crippen LogP contribution in [-0.2, 0) is 7.05 Å². The predicted molar refractivity (Wildman–Crippen MR) is 51.0 cm³/mol. The van der Waals surface area contributed by atoms with Gasteiger partial charge in [0.2, 0.25) is 5.78 Å². The first-order chi connectivity index (χ1) is 6.62. The lowest BCUT2D eigenvalue weighted by Crippen LogP contribution is -2.35. The van der Waals surface area contributed by atoms with Gasteiger partial charge in [0.25, 0.3) is 0 Å². The lowest BCUT2D eigenvalue weighted by Gasteiger charge is -2.18. The van der Waals surface area contributed by atoms with Crippen molar-refractivity contribution in [1.82, 2.24) is 9.78 Å². The fourth-order valence-corrected chi connectivity index (χ4v) is 1.96. The number of hydrogen-bond donors (Lipinski definition) is 1. The van der Waals surface area contributed by atoms with Crippen LogP contribution in [0.1, 0.15) is 36.2 Å². The summed E-state index contributed by atoms with van der Waals surface area (Å²) in [6, 6.07) is 1.65. The standard InChI is InChI=1S/C10H14N2O2/c1-12-7-4-8(11-12)9(13)10(14)5-2-3-6-10/h4,7,14H,2-3,5-6H2,1H3. The van der Waals surface area contributed by atoms with Gasteiger partial charge >= 0.3 is 0 Å². The Kier molecular flexibility index (Phi) is 2.15. The van der Waals surface area contributed by atoms with Gasteiger partial charge in [-0.3, -0.25) is 9.48 Å². The number of nitrogens with zero attached hydrogens (tertiary/aromatic N) is 2. The molecule has 0 aromatic carbocycles. The molecular weight excluding hydrogens is 180 g/mol. The molecule has 0 saturated heterocycles. The quantitative estimate of drug-likeness (QED) is 0.712. The molecule has 0 unspecified atom stereocenters. The number of aryl methyl sites for hydroxylation is 1. The lowest BCUT2D eigenvalue weighted by atomic mass is 9.94. The summed E-state index contributed by atoms with van der Waals surface area (Å²) in [5, 5.41) is 14.0. The number of aromatic nitrogens is 2. The normalized spacial score (nSPS) is 19.9. The lowest BCUT2D eigenvalue weighted by molar-refractivity contribution is 0.0347. The molecule has 0 amide bonds. The van der Waals surface area contributed by atoms with Gasteiger partial charge in [0.1, 0.15) is 11.3 Å². The Hall–Kier alpha value is -1.16. The molecule has 1 aliphatic carbocycles. The van der Waals surface area contributed by atoms with Crippen molar-refractivity contribution in [3.63, 3.8) is 0 Å². The van der Waals surface area contributed by atoms with Crippen LogP contribution in [0.5, 0.6) is 0 Å². The topological polar surface area (TPSA) is 55.1 Å². The Labute approximate surface area is 82.5 Å². The highest BCUT2D eigenvalue weighted by Gasteiger charge is 2.40. The number of ketones is 1. The van der Waals surface area contributed by atoms with Crippen molar-refractivity contribution in [3.05, 3.63) is 18.0 Å². The molecule has 2 rings (SSSR count). The summed E-state index contributed by atoms with van der Waals surface area (Å²) in [5.41, 5.74) is -0.772. The second kappa shape index (κ2) is 3.20. The molecule has 0 atom stereocenters. The minimum Gasteiger partial charge on any atom is -0.382 e. The third-order valence-electron chi connectivity index (χ3n) is 2.80. The SMILES string of the molecule is Cn1ccc(C(=O)C2(O)CCCC2)n1. The summed E-state index contributed by atoms with van der Waals surface area (Å²) in [6.07, 6.45) is 4.71. The molecule has 0 bridgehead atoms. The molecule has 0 radical (unpaired) electrons. The average Bonchev–Trinajstić information content (AvgIpc) is 2.74. The minimum absolute atomic E-state index is 0.226. The molecule has 76 valence electrons. The predicted octanol–water partition coefficient (Wildman–Crippen LogP) is 0.908. The number of aliphatic hydroxyl groups is 1. The molecule has 4 heteroatoms. The molecule has 1 aliphatic rings. The molecule has 1 aromatic heterocycles. The monoisotopic (exact) mass is 194 g/mol. The fourth-order valence-electron chi connectivity index (χ4n) is 1.96. The second-order valence-corrected chi connectivity index (χ2v) is 3.94. The Morgan fingerprint density at radius 1 is 1.57 bits per heavy atom. The van der Waals surface area contributed by atoms with Crippen LogP contribution in [0.4, 0.5) is 0 Å². The Balaban J connectivity index is 2.23. The number of rotatable bonds is 2. The fraction of sp³-hybridized carbons (Fsp3) is 0.600. The average molecular weight is 194 g/mol. The van der Waals surface area contributed by atoms with Crippen LogP contribution >= 0.6 is 0 Å². The first-order valence-corrected chi connectivity index (χ1v) is 4.89. The number of carbonyl (C=O) groups excluding carboxylic acids is 1. The Morgan fingerprint density at radius 3 is 2.71 bits per heavy atom. The largest absolute Gasteiger partial charge is 0.382 e. The van der Waals surface area contributed by atoms with Crippen LogP contribution < -0.4 is 0 Å². The van der Waals surface area contributed by atoms with Crippen LogP contribution in [0.25, 0.3) is 0 Å². The molecule has 1 N–H and O–H groups in total. The van der Waals surface area contributed by atoms with Gasteiger partial charge in [-0.15, -0.1) is 0 Å². The summed E-state index contributed by atoms with van der Waals surface area (Å²) in [5.74, 6) is -0.226. The van der Waals surface area contributed by atoms with Crippen LogP contribution in [0.3, 0.4) is 0 Å². The molecule has 0 spiro atoms. The van der Waals surface area contributed by atoms with Gasteiger partial charge < -0.3 is 5.11 Å². The molecular formula is C10H14N2O2. The van der Waals surface area contributed by atoms with Crippen molar-refractivity contribution in [1.29, 1.82) is 0 Å². The zero-order valence-corrected chi connectivity index (χ0v) is 8.23. The van der Waals surface area contributed by atoms with E-state index in [4.69, 9.17) is 0 Å². The van der Waals surface area contributed by atoms with E-state index in [1.165, 1.54) is 0 Å². The molecule has 1 fully saturated rings. The van der Waals surface area contributed by atoms with Crippen molar-refractivity contribution >= 4 is 5.78 Å². The molecule has 14 heavy (non-hydrogen) atoms. The zero-order chi connectivity index (χ0) is 10.2. The van der Waals surface area contributed by atoms with Gasteiger partial charge in [0.15, 0.2) is 0 Å². The first kappa shape index (κ1) is 9.40.